The van der Waals surface area contributed by atoms with E-state index in [4.69, 9.17) is 5.73 Å². The number of nitrogens with two attached hydrogens (primary N) is 1. The lowest BCUT2D eigenvalue weighted by molar-refractivity contribution is 0.626. The third kappa shape index (κ3) is 3.50. The van der Waals surface area contributed by atoms with Crippen molar-refractivity contribution in [1.29, 1.82) is 0 Å². The number of nitrogen functional groups attached to an aromatic ring is 1. The van der Waals surface area contributed by atoms with Gasteiger partial charge in [0.05, 0.1) is 23.3 Å². The lowest BCUT2D eigenvalue weighted by atomic mass is 10.1. The van der Waals surface area contributed by atoms with Gasteiger partial charge in [-0.05, 0) is 35.9 Å². The van der Waals surface area contributed by atoms with E-state index in [-0.39, 0.29) is 34.9 Å². The first-order valence-electron chi connectivity index (χ1n) is 7.67. The fourth-order valence-corrected chi connectivity index (χ4v) is 2.71. The van der Waals surface area contributed by atoms with Gasteiger partial charge in [0.25, 0.3) is 5.56 Å². The Hall–Kier alpha value is -3.00. The number of aromatic nitrogens is 4. The highest BCUT2D eigenvalue weighted by atomic mass is 79.9. The highest BCUT2D eigenvalue weighted by Gasteiger charge is 2.07. The first-order chi connectivity index (χ1) is 12.1. The Balaban J connectivity index is 0.00000196. The van der Waals surface area contributed by atoms with Crippen molar-refractivity contribution in [3.63, 3.8) is 0 Å². The number of fused-ring (bicyclic) bond motifs is 1. The van der Waals surface area contributed by atoms with Crippen molar-refractivity contribution < 1.29 is 4.39 Å². The van der Waals surface area contributed by atoms with E-state index in [1.165, 1.54) is 22.9 Å². The minimum absolute atomic E-state index is 0. The van der Waals surface area contributed by atoms with Gasteiger partial charge in [-0.25, -0.2) is 14.1 Å². The summed E-state index contributed by atoms with van der Waals surface area (Å²) in [6, 6.07) is 14.7. The standard InChI is InChI=1S/C18H14FN5O.BrH/c19-13-3-1-2-12(9-13)14-6-7-17(25)24(23-14)10-11-4-5-15-16(8-11)22-18(20)21-15;/h1-9H,10H2,(H3,20,21,22);1H. The van der Waals surface area contributed by atoms with Crippen LogP contribution in [0, 0.1) is 5.82 Å². The van der Waals surface area contributed by atoms with Gasteiger partial charge in [0.15, 0.2) is 5.95 Å². The molecule has 0 saturated heterocycles. The number of nitrogens with zero attached hydrogens (tertiary/aromatic N) is 3. The monoisotopic (exact) mass is 415 g/mol. The van der Waals surface area contributed by atoms with E-state index in [0.29, 0.717) is 17.2 Å². The van der Waals surface area contributed by atoms with Crippen molar-refractivity contribution >= 4 is 34.0 Å². The summed E-state index contributed by atoms with van der Waals surface area (Å²) >= 11 is 0. The van der Waals surface area contributed by atoms with E-state index in [1.807, 2.05) is 18.2 Å². The number of benzene rings is 2. The van der Waals surface area contributed by atoms with Gasteiger partial charge in [-0.3, -0.25) is 4.79 Å². The number of nitrogens with one attached hydrogen (secondary N) is 1. The summed E-state index contributed by atoms with van der Waals surface area (Å²) in [4.78, 5) is 19.2. The molecule has 4 rings (SSSR count). The smallest absolute Gasteiger partial charge is 0.267 e. The summed E-state index contributed by atoms with van der Waals surface area (Å²) in [5.41, 5.74) is 9.00. The predicted octanol–water partition coefficient (Wildman–Crippen LogP) is 3.13. The van der Waals surface area contributed by atoms with Crippen LogP contribution in [0.2, 0.25) is 0 Å². The molecule has 0 aliphatic rings. The van der Waals surface area contributed by atoms with Crippen LogP contribution in [0.5, 0.6) is 0 Å². The Bertz CT molecular complexity index is 1140. The summed E-state index contributed by atoms with van der Waals surface area (Å²) in [5.74, 6) is -0.00474. The average molecular weight is 416 g/mol. The average Bonchev–Trinajstić information content (AvgIpc) is 2.96. The molecule has 8 heteroatoms. The minimum atomic E-state index is -0.348. The molecule has 0 atom stereocenters. The van der Waals surface area contributed by atoms with E-state index in [1.54, 1.807) is 18.2 Å². The maximum atomic E-state index is 13.4. The molecule has 6 nitrogen and oxygen atoms in total. The zero-order valence-corrected chi connectivity index (χ0v) is 15.2. The fourth-order valence-electron chi connectivity index (χ4n) is 2.71. The molecule has 2 aromatic carbocycles. The Morgan fingerprint density at radius 3 is 2.77 bits per heavy atom. The Morgan fingerprint density at radius 2 is 1.96 bits per heavy atom. The third-order valence-electron chi connectivity index (χ3n) is 3.88. The molecule has 26 heavy (non-hydrogen) atoms. The second-order valence-corrected chi connectivity index (χ2v) is 5.70. The van der Waals surface area contributed by atoms with E-state index < -0.39 is 0 Å². The lowest BCUT2D eigenvalue weighted by Gasteiger charge is -2.07. The quantitative estimate of drug-likeness (QED) is 0.537. The number of aromatic amines is 1. The van der Waals surface area contributed by atoms with Crippen molar-refractivity contribution in [2.45, 2.75) is 6.54 Å². The molecule has 0 spiro atoms. The molecule has 0 bridgehead atoms. The molecule has 2 heterocycles. The van der Waals surface area contributed by atoms with Gasteiger partial charge in [-0.2, -0.15) is 5.10 Å². The Kier molecular flexibility index (Phi) is 4.85. The number of anilines is 1. The van der Waals surface area contributed by atoms with Gasteiger partial charge in [0, 0.05) is 11.6 Å². The van der Waals surface area contributed by atoms with Crippen molar-refractivity contribution in [3.8, 4) is 11.3 Å². The minimum Gasteiger partial charge on any atom is -0.369 e. The highest BCUT2D eigenvalue weighted by molar-refractivity contribution is 8.93. The number of rotatable bonds is 3. The molecule has 3 N–H and O–H groups in total. The summed E-state index contributed by atoms with van der Waals surface area (Å²) in [5, 5.41) is 4.35. The molecular formula is C18H15BrFN5O. The molecule has 0 radical (unpaired) electrons. The van der Waals surface area contributed by atoms with Crippen LogP contribution in [-0.4, -0.2) is 19.7 Å². The molecule has 132 valence electrons. The van der Waals surface area contributed by atoms with Crippen LogP contribution in [0.15, 0.2) is 59.4 Å². The zero-order valence-electron chi connectivity index (χ0n) is 13.5. The lowest BCUT2D eigenvalue weighted by Crippen LogP contribution is -2.22. The van der Waals surface area contributed by atoms with Crippen LogP contribution >= 0.6 is 17.0 Å². The van der Waals surface area contributed by atoms with Crippen LogP contribution in [0.4, 0.5) is 10.3 Å². The maximum absolute atomic E-state index is 13.4. The molecule has 0 aliphatic carbocycles. The van der Waals surface area contributed by atoms with E-state index in [2.05, 4.69) is 15.1 Å². The fraction of sp³-hybridized carbons (Fsp3) is 0.0556. The molecule has 2 aromatic heterocycles. The summed E-state index contributed by atoms with van der Waals surface area (Å²) in [6.45, 7) is 0.289. The SMILES string of the molecule is Br.Nc1nc2ccc(Cn3nc(-c4cccc(F)c4)ccc3=O)cc2[nH]1. The topological polar surface area (TPSA) is 89.6 Å². The number of hydrogen-bond donors (Lipinski definition) is 2. The number of H-pyrrole nitrogens is 1. The summed E-state index contributed by atoms with van der Waals surface area (Å²) < 4.78 is 14.8. The second kappa shape index (κ2) is 7.09. The zero-order chi connectivity index (χ0) is 17.4. The molecule has 0 amide bonds. The van der Waals surface area contributed by atoms with E-state index in [0.717, 1.165) is 16.6 Å². The van der Waals surface area contributed by atoms with Gasteiger partial charge in [0.2, 0.25) is 0 Å². The largest absolute Gasteiger partial charge is 0.369 e. The number of hydrogen-bond acceptors (Lipinski definition) is 4. The molecule has 4 aromatic rings. The molecule has 0 saturated carbocycles. The van der Waals surface area contributed by atoms with Crippen molar-refractivity contribution in [3.05, 3.63) is 76.3 Å². The molecule has 0 unspecified atom stereocenters. The van der Waals surface area contributed by atoms with Crippen LogP contribution in [-0.2, 0) is 6.54 Å². The van der Waals surface area contributed by atoms with Crippen molar-refractivity contribution in [2.24, 2.45) is 0 Å². The maximum Gasteiger partial charge on any atom is 0.267 e. The van der Waals surface area contributed by atoms with Crippen LogP contribution < -0.4 is 11.3 Å². The third-order valence-corrected chi connectivity index (χ3v) is 3.88. The number of halogens is 2. The van der Waals surface area contributed by atoms with Gasteiger partial charge in [0.1, 0.15) is 5.82 Å². The Labute approximate surface area is 158 Å². The van der Waals surface area contributed by atoms with Crippen LogP contribution in [0.1, 0.15) is 5.56 Å². The normalized spacial score (nSPS) is 10.7. The highest BCUT2D eigenvalue weighted by Crippen LogP contribution is 2.18. The molecular weight excluding hydrogens is 401 g/mol. The predicted molar refractivity (Wildman–Crippen MR) is 104 cm³/mol. The first-order valence-corrected chi connectivity index (χ1v) is 7.67. The second-order valence-electron chi connectivity index (χ2n) is 5.70. The summed E-state index contributed by atoms with van der Waals surface area (Å²) in [7, 11) is 0. The van der Waals surface area contributed by atoms with Crippen LogP contribution in [0.25, 0.3) is 22.3 Å². The summed E-state index contributed by atoms with van der Waals surface area (Å²) in [6.07, 6.45) is 0. The molecule has 0 fully saturated rings. The van der Waals surface area contributed by atoms with E-state index >= 15 is 0 Å². The van der Waals surface area contributed by atoms with Gasteiger partial charge in [-0.1, -0.05) is 18.2 Å². The number of imidazole rings is 1. The first kappa shape index (κ1) is 17.8. The molecule has 0 aliphatic heterocycles. The van der Waals surface area contributed by atoms with Gasteiger partial charge < -0.3 is 10.7 Å². The van der Waals surface area contributed by atoms with Gasteiger partial charge >= 0.3 is 0 Å². The van der Waals surface area contributed by atoms with Crippen molar-refractivity contribution in [1.82, 2.24) is 19.7 Å². The van der Waals surface area contributed by atoms with Gasteiger partial charge in [-0.15, -0.1) is 17.0 Å². The Morgan fingerprint density at radius 1 is 1.12 bits per heavy atom. The van der Waals surface area contributed by atoms with Crippen LogP contribution in [0.3, 0.4) is 0 Å². The van der Waals surface area contributed by atoms with E-state index in [9.17, 15) is 9.18 Å². The van der Waals surface area contributed by atoms with Crippen molar-refractivity contribution in [2.75, 3.05) is 5.73 Å².